The molecule has 1 amide bonds. The van der Waals surface area contributed by atoms with E-state index in [-0.39, 0.29) is 6.09 Å². The standard InChI is InChI=1S/C20H31N3O2/c1-17-15-19(9-12-23(17)16-18-7-4-3-5-8-18)21(2)10-6-11-22-13-14-25-20(22)24/h3-5,7-8,17,19H,6,9-16H2,1-2H3/t17-,19-/m0/s1. The first-order chi connectivity index (χ1) is 12.1. The largest absolute Gasteiger partial charge is 0.448 e. The molecule has 0 aliphatic carbocycles. The summed E-state index contributed by atoms with van der Waals surface area (Å²) in [4.78, 5) is 18.4. The van der Waals surface area contributed by atoms with Gasteiger partial charge in [-0.05, 0) is 45.3 Å². The highest BCUT2D eigenvalue weighted by Gasteiger charge is 2.28. The highest BCUT2D eigenvalue weighted by atomic mass is 16.6. The van der Waals surface area contributed by atoms with E-state index in [0.29, 0.717) is 18.7 Å². The lowest BCUT2D eigenvalue weighted by molar-refractivity contribution is 0.0788. The summed E-state index contributed by atoms with van der Waals surface area (Å²) in [6.45, 7) is 7.71. The second kappa shape index (κ2) is 8.68. The first kappa shape index (κ1) is 18.2. The molecule has 0 unspecified atom stereocenters. The van der Waals surface area contributed by atoms with E-state index in [1.807, 2.05) is 4.90 Å². The van der Waals surface area contributed by atoms with Gasteiger partial charge in [0.15, 0.2) is 0 Å². The minimum atomic E-state index is -0.148. The van der Waals surface area contributed by atoms with Gasteiger partial charge in [-0.3, -0.25) is 4.90 Å². The van der Waals surface area contributed by atoms with Crippen LogP contribution in [0.2, 0.25) is 0 Å². The van der Waals surface area contributed by atoms with Gasteiger partial charge in [0, 0.05) is 31.7 Å². The van der Waals surface area contributed by atoms with Crippen molar-refractivity contribution in [2.24, 2.45) is 0 Å². The molecule has 138 valence electrons. The molecule has 5 nitrogen and oxygen atoms in total. The third-order valence-electron chi connectivity index (χ3n) is 5.62. The molecule has 2 aliphatic rings. The number of cyclic esters (lactones) is 1. The molecule has 2 aliphatic heterocycles. The summed E-state index contributed by atoms with van der Waals surface area (Å²) in [7, 11) is 2.23. The molecule has 0 aromatic heterocycles. The second-order valence-electron chi connectivity index (χ2n) is 7.42. The Bertz CT molecular complexity index is 551. The molecule has 2 fully saturated rings. The molecule has 1 aromatic rings. The average Bonchev–Trinajstić information content (AvgIpc) is 3.02. The second-order valence-corrected chi connectivity index (χ2v) is 7.42. The van der Waals surface area contributed by atoms with Gasteiger partial charge < -0.3 is 14.5 Å². The van der Waals surface area contributed by atoms with Crippen molar-refractivity contribution < 1.29 is 9.53 Å². The van der Waals surface area contributed by atoms with Gasteiger partial charge in [0.25, 0.3) is 0 Å². The number of rotatable bonds is 7. The van der Waals surface area contributed by atoms with Crippen molar-refractivity contribution in [1.29, 1.82) is 0 Å². The van der Waals surface area contributed by atoms with E-state index in [4.69, 9.17) is 4.74 Å². The van der Waals surface area contributed by atoms with Gasteiger partial charge >= 0.3 is 6.09 Å². The van der Waals surface area contributed by atoms with Crippen LogP contribution in [0.15, 0.2) is 30.3 Å². The van der Waals surface area contributed by atoms with Crippen molar-refractivity contribution in [3.63, 3.8) is 0 Å². The highest BCUT2D eigenvalue weighted by Crippen LogP contribution is 2.23. The van der Waals surface area contributed by atoms with Gasteiger partial charge in [-0.15, -0.1) is 0 Å². The Morgan fingerprint density at radius 2 is 2.04 bits per heavy atom. The number of ether oxygens (including phenoxy) is 1. The van der Waals surface area contributed by atoms with E-state index in [1.54, 1.807) is 0 Å². The van der Waals surface area contributed by atoms with Crippen molar-refractivity contribution in [3.05, 3.63) is 35.9 Å². The van der Waals surface area contributed by atoms with E-state index in [2.05, 4.69) is 54.1 Å². The molecule has 2 saturated heterocycles. The lowest BCUT2D eigenvalue weighted by Crippen LogP contribution is -2.48. The van der Waals surface area contributed by atoms with Gasteiger partial charge in [-0.25, -0.2) is 4.79 Å². The molecule has 2 heterocycles. The van der Waals surface area contributed by atoms with E-state index in [0.717, 1.165) is 39.1 Å². The Balaban J connectivity index is 1.40. The van der Waals surface area contributed by atoms with Crippen LogP contribution in [0.3, 0.4) is 0 Å². The van der Waals surface area contributed by atoms with Crippen LogP contribution in [0, 0.1) is 0 Å². The maximum absolute atomic E-state index is 11.5. The number of benzene rings is 1. The molecule has 2 atom stereocenters. The van der Waals surface area contributed by atoms with Crippen LogP contribution >= 0.6 is 0 Å². The zero-order chi connectivity index (χ0) is 17.6. The zero-order valence-electron chi connectivity index (χ0n) is 15.6. The van der Waals surface area contributed by atoms with Crippen LogP contribution in [0.5, 0.6) is 0 Å². The summed E-state index contributed by atoms with van der Waals surface area (Å²) >= 11 is 0. The molecule has 0 bridgehead atoms. The fourth-order valence-corrected chi connectivity index (χ4v) is 3.97. The first-order valence-corrected chi connectivity index (χ1v) is 9.53. The normalized spacial score (nSPS) is 24.8. The fourth-order valence-electron chi connectivity index (χ4n) is 3.97. The number of amides is 1. The van der Waals surface area contributed by atoms with Gasteiger partial charge in [0.05, 0.1) is 6.54 Å². The third-order valence-corrected chi connectivity index (χ3v) is 5.62. The topological polar surface area (TPSA) is 36.0 Å². The van der Waals surface area contributed by atoms with E-state index in [1.165, 1.54) is 18.4 Å². The molecule has 3 rings (SSSR count). The Morgan fingerprint density at radius 3 is 2.72 bits per heavy atom. The molecule has 5 heteroatoms. The SMILES string of the molecule is C[C@H]1C[C@@H](N(C)CCCN2CCOC2=O)CCN1Cc1ccccc1. The van der Waals surface area contributed by atoms with Crippen LogP contribution in [0.1, 0.15) is 31.7 Å². The van der Waals surface area contributed by atoms with Crippen LogP contribution < -0.4 is 0 Å². The quantitative estimate of drug-likeness (QED) is 0.761. The summed E-state index contributed by atoms with van der Waals surface area (Å²) in [6.07, 6.45) is 3.31. The molecule has 0 saturated carbocycles. The summed E-state index contributed by atoms with van der Waals surface area (Å²) in [5.74, 6) is 0. The van der Waals surface area contributed by atoms with Gasteiger partial charge in [0.1, 0.15) is 6.61 Å². The highest BCUT2D eigenvalue weighted by molar-refractivity contribution is 5.69. The number of hydrogen-bond donors (Lipinski definition) is 0. The van der Waals surface area contributed by atoms with Crippen LogP contribution in [-0.4, -0.2) is 72.7 Å². The number of piperidine rings is 1. The summed E-state index contributed by atoms with van der Waals surface area (Å²) in [6, 6.07) is 12.0. The first-order valence-electron chi connectivity index (χ1n) is 9.53. The molecule has 1 aromatic carbocycles. The van der Waals surface area contributed by atoms with E-state index < -0.39 is 0 Å². The van der Waals surface area contributed by atoms with Gasteiger partial charge in [-0.2, -0.15) is 0 Å². The fraction of sp³-hybridized carbons (Fsp3) is 0.650. The number of hydrogen-bond acceptors (Lipinski definition) is 4. The molecule has 0 spiro atoms. The summed E-state index contributed by atoms with van der Waals surface area (Å²) < 4.78 is 4.98. The predicted molar refractivity (Wildman–Crippen MR) is 99.5 cm³/mol. The number of likely N-dealkylation sites (tertiary alicyclic amines) is 1. The third kappa shape index (κ3) is 4.95. The maximum Gasteiger partial charge on any atom is 0.409 e. The van der Waals surface area contributed by atoms with Crippen LogP contribution in [0.4, 0.5) is 4.79 Å². The molecular weight excluding hydrogens is 314 g/mol. The van der Waals surface area contributed by atoms with Gasteiger partial charge in [0.2, 0.25) is 0 Å². The summed E-state index contributed by atoms with van der Waals surface area (Å²) in [5.41, 5.74) is 1.40. The van der Waals surface area contributed by atoms with Crippen molar-refractivity contribution in [2.45, 2.75) is 44.8 Å². The van der Waals surface area contributed by atoms with E-state index in [9.17, 15) is 4.79 Å². The monoisotopic (exact) mass is 345 g/mol. The Morgan fingerprint density at radius 1 is 1.24 bits per heavy atom. The number of nitrogens with zero attached hydrogens (tertiary/aromatic N) is 3. The average molecular weight is 345 g/mol. The maximum atomic E-state index is 11.5. The predicted octanol–water partition coefficient (Wildman–Crippen LogP) is 2.81. The Hall–Kier alpha value is -1.59. The van der Waals surface area contributed by atoms with E-state index >= 15 is 0 Å². The molecule has 0 N–H and O–H groups in total. The molecule has 0 radical (unpaired) electrons. The van der Waals surface area contributed by atoms with Crippen LogP contribution in [-0.2, 0) is 11.3 Å². The number of carbonyl (C=O) groups excluding carboxylic acids is 1. The minimum absolute atomic E-state index is 0.148. The van der Waals surface area contributed by atoms with Crippen molar-refractivity contribution in [3.8, 4) is 0 Å². The lowest BCUT2D eigenvalue weighted by Gasteiger charge is -2.41. The van der Waals surface area contributed by atoms with Gasteiger partial charge in [-0.1, -0.05) is 30.3 Å². The zero-order valence-corrected chi connectivity index (χ0v) is 15.6. The molecule has 25 heavy (non-hydrogen) atoms. The minimum Gasteiger partial charge on any atom is -0.448 e. The van der Waals surface area contributed by atoms with Crippen LogP contribution in [0.25, 0.3) is 0 Å². The lowest BCUT2D eigenvalue weighted by atomic mass is 9.96. The van der Waals surface area contributed by atoms with Crippen molar-refractivity contribution in [1.82, 2.24) is 14.7 Å². The van der Waals surface area contributed by atoms with Crippen molar-refractivity contribution >= 4 is 6.09 Å². The Kier molecular flexibility index (Phi) is 6.32. The van der Waals surface area contributed by atoms with Crippen molar-refractivity contribution in [2.75, 3.05) is 39.8 Å². The smallest absolute Gasteiger partial charge is 0.409 e. The molecular formula is C20H31N3O2. The number of carbonyl (C=O) groups is 1. The summed E-state index contributed by atoms with van der Waals surface area (Å²) in [5, 5.41) is 0. The Labute approximate surface area is 151 Å².